The maximum Gasteiger partial charge on any atom is 0.125 e. The molecule has 0 aliphatic heterocycles. The van der Waals surface area contributed by atoms with E-state index in [4.69, 9.17) is 9.47 Å². The van der Waals surface area contributed by atoms with Crippen molar-refractivity contribution < 1.29 is 9.47 Å². The topological polar surface area (TPSA) is 42.5 Å². The minimum absolute atomic E-state index is 0.358. The minimum atomic E-state index is 0.358. The van der Waals surface area contributed by atoms with Crippen LogP contribution in [-0.4, -0.2) is 38.4 Å². The lowest BCUT2D eigenvalue weighted by Crippen LogP contribution is -2.39. The van der Waals surface area contributed by atoms with E-state index in [-0.39, 0.29) is 0 Å². The molecule has 0 heterocycles. The van der Waals surface area contributed by atoms with Crippen LogP contribution >= 0.6 is 0 Å². The fraction of sp³-hybridized carbons (Fsp3) is 0.600. The van der Waals surface area contributed by atoms with Crippen molar-refractivity contribution in [2.75, 3.05) is 26.3 Å². The molecule has 188 valence electrons. The van der Waals surface area contributed by atoms with Crippen molar-refractivity contribution in [2.45, 2.75) is 79.3 Å². The number of nitrogens with one attached hydrogen (secondary N) is 2. The van der Waals surface area contributed by atoms with Crippen LogP contribution in [0, 0.1) is 39.5 Å². The molecule has 4 nitrogen and oxygen atoms in total. The molecule has 2 atom stereocenters. The highest BCUT2D eigenvalue weighted by atomic mass is 16.5. The Morgan fingerprint density at radius 2 is 0.971 bits per heavy atom. The third-order valence-corrected chi connectivity index (χ3v) is 7.25. The van der Waals surface area contributed by atoms with Crippen molar-refractivity contribution in [1.29, 1.82) is 0 Å². The number of hydrogen-bond donors (Lipinski definition) is 2. The standard InChI is InChI=1S/C30H46N2O2/c1-21-9-7-10-22(2)29(21)33-19-25(5)31-17-27-13-15-28(16-14-27)18-32-26(6)20-34-30-23(3)11-8-12-24(30)4/h7-12,25-28,31-32H,13-20H2,1-6H3. The van der Waals surface area contributed by atoms with Gasteiger partial charge in [-0.1, -0.05) is 36.4 Å². The van der Waals surface area contributed by atoms with Gasteiger partial charge in [-0.05, 0) is 114 Å². The van der Waals surface area contributed by atoms with Gasteiger partial charge in [0, 0.05) is 12.1 Å². The Kier molecular flexibility index (Phi) is 10.3. The van der Waals surface area contributed by atoms with E-state index in [9.17, 15) is 0 Å². The van der Waals surface area contributed by atoms with E-state index in [1.807, 2.05) is 0 Å². The molecule has 1 aliphatic rings. The largest absolute Gasteiger partial charge is 0.491 e. The number of benzene rings is 2. The van der Waals surface area contributed by atoms with Crippen molar-refractivity contribution >= 4 is 0 Å². The summed E-state index contributed by atoms with van der Waals surface area (Å²) in [6.07, 6.45) is 5.27. The Bertz CT molecular complexity index is 775. The molecule has 2 unspecified atom stereocenters. The lowest BCUT2D eigenvalue weighted by molar-refractivity contribution is 0.221. The molecule has 2 N–H and O–H groups in total. The van der Waals surface area contributed by atoms with E-state index >= 15 is 0 Å². The first kappa shape index (κ1) is 26.6. The predicted molar refractivity (Wildman–Crippen MR) is 143 cm³/mol. The summed E-state index contributed by atoms with van der Waals surface area (Å²) in [6.45, 7) is 16.5. The summed E-state index contributed by atoms with van der Waals surface area (Å²) in [5.74, 6) is 3.64. The Morgan fingerprint density at radius 1 is 0.647 bits per heavy atom. The van der Waals surface area contributed by atoms with Gasteiger partial charge in [0.05, 0.1) is 0 Å². The second-order valence-corrected chi connectivity index (χ2v) is 10.6. The van der Waals surface area contributed by atoms with Gasteiger partial charge in [0.1, 0.15) is 24.7 Å². The maximum absolute atomic E-state index is 6.12. The third kappa shape index (κ3) is 8.02. The SMILES string of the molecule is Cc1cccc(C)c1OCC(C)NCC1CCC(CNC(C)COc2c(C)cccc2C)CC1. The Balaban J connectivity index is 1.28. The van der Waals surface area contributed by atoms with Crippen LogP contribution in [0.25, 0.3) is 0 Å². The summed E-state index contributed by atoms with van der Waals surface area (Å²) in [5.41, 5.74) is 4.85. The summed E-state index contributed by atoms with van der Waals surface area (Å²) < 4.78 is 12.2. The molecule has 1 fully saturated rings. The van der Waals surface area contributed by atoms with Crippen molar-refractivity contribution in [2.24, 2.45) is 11.8 Å². The van der Waals surface area contributed by atoms with Gasteiger partial charge in [0.25, 0.3) is 0 Å². The molecule has 1 aliphatic carbocycles. The Hall–Kier alpha value is -2.04. The van der Waals surface area contributed by atoms with Crippen molar-refractivity contribution in [3.05, 3.63) is 58.7 Å². The third-order valence-electron chi connectivity index (χ3n) is 7.25. The molecule has 3 rings (SSSR count). The average Bonchev–Trinajstić information content (AvgIpc) is 2.81. The fourth-order valence-corrected chi connectivity index (χ4v) is 4.96. The van der Waals surface area contributed by atoms with E-state index in [1.54, 1.807) is 0 Å². The second-order valence-electron chi connectivity index (χ2n) is 10.6. The molecule has 2 aromatic rings. The molecule has 0 amide bonds. The monoisotopic (exact) mass is 466 g/mol. The zero-order valence-corrected chi connectivity index (χ0v) is 22.2. The zero-order chi connectivity index (χ0) is 24.5. The van der Waals surface area contributed by atoms with Crippen molar-refractivity contribution in [3.63, 3.8) is 0 Å². The summed E-state index contributed by atoms with van der Waals surface area (Å²) >= 11 is 0. The number of rotatable bonds is 12. The highest BCUT2D eigenvalue weighted by Gasteiger charge is 2.22. The number of ether oxygens (including phenoxy) is 2. The van der Waals surface area contributed by atoms with Crippen LogP contribution < -0.4 is 20.1 Å². The molecule has 2 aromatic carbocycles. The van der Waals surface area contributed by atoms with Gasteiger partial charge in [-0.15, -0.1) is 0 Å². The van der Waals surface area contributed by atoms with Crippen LogP contribution in [0.4, 0.5) is 0 Å². The normalized spacial score (nSPS) is 20.1. The molecule has 0 saturated heterocycles. The van der Waals surface area contributed by atoms with Gasteiger partial charge in [-0.3, -0.25) is 0 Å². The van der Waals surface area contributed by atoms with Crippen molar-refractivity contribution in [1.82, 2.24) is 10.6 Å². The van der Waals surface area contributed by atoms with E-state index in [2.05, 4.69) is 88.6 Å². The molecule has 0 spiro atoms. The van der Waals surface area contributed by atoms with Crippen LogP contribution in [0.3, 0.4) is 0 Å². The molecule has 0 radical (unpaired) electrons. The van der Waals surface area contributed by atoms with Crippen LogP contribution in [0.1, 0.15) is 61.8 Å². The van der Waals surface area contributed by atoms with E-state index in [0.29, 0.717) is 25.3 Å². The highest BCUT2D eigenvalue weighted by Crippen LogP contribution is 2.28. The lowest BCUT2D eigenvalue weighted by Gasteiger charge is -2.30. The summed E-state index contributed by atoms with van der Waals surface area (Å²) in [7, 11) is 0. The van der Waals surface area contributed by atoms with Crippen LogP contribution in [0.2, 0.25) is 0 Å². The van der Waals surface area contributed by atoms with Gasteiger partial charge < -0.3 is 20.1 Å². The quantitative estimate of drug-likeness (QED) is 0.394. The molecule has 4 heteroatoms. The van der Waals surface area contributed by atoms with Gasteiger partial charge in [-0.25, -0.2) is 0 Å². The molecule has 34 heavy (non-hydrogen) atoms. The summed E-state index contributed by atoms with van der Waals surface area (Å²) in [5, 5.41) is 7.42. The first-order valence-corrected chi connectivity index (χ1v) is 13.2. The molecule has 0 bridgehead atoms. The van der Waals surface area contributed by atoms with E-state index in [1.165, 1.54) is 47.9 Å². The smallest absolute Gasteiger partial charge is 0.125 e. The molecular weight excluding hydrogens is 420 g/mol. The minimum Gasteiger partial charge on any atom is -0.491 e. The van der Waals surface area contributed by atoms with Crippen LogP contribution in [0.5, 0.6) is 11.5 Å². The summed E-state index contributed by atoms with van der Waals surface area (Å²) in [4.78, 5) is 0. The Labute approximate surface area is 207 Å². The van der Waals surface area contributed by atoms with Gasteiger partial charge in [-0.2, -0.15) is 0 Å². The molecule has 0 aromatic heterocycles. The van der Waals surface area contributed by atoms with Crippen LogP contribution in [-0.2, 0) is 0 Å². The highest BCUT2D eigenvalue weighted by molar-refractivity contribution is 5.40. The van der Waals surface area contributed by atoms with Gasteiger partial charge >= 0.3 is 0 Å². The lowest BCUT2D eigenvalue weighted by atomic mass is 9.82. The fourth-order valence-electron chi connectivity index (χ4n) is 4.96. The number of hydrogen-bond acceptors (Lipinski definition) is 4. The first-order chi connectivity index (χ1) is 16.3. The van der Waals surface area contributed by atoms with Crippen LogP contribution in [0.15, 0.2) is 36.4 Å². The number of para-hydroxylation sites is 2. The van der Waals surface area contributed by atoms with Crippen molar-refractivity contribution in [3.8, 4) is 11.5 Å². The average molecular weight is 467 g/mol. The Morgan fingerprint density at radius 3 is 1.29 bits per heavy atom. The summed E-state index contributed by atoms with van der Waals surface area (Å²) in [6, 6.07) is 13.4. The maximum atomic E-state index is 6.12. The number of aryl methyl sites for hydroxylation is 4. The predicted octanol–water partition coefficient (Wildman–Crippen LogP) is 6.14. The molecular formula is C30H46N2O2. The first-order valence-electron chi connectivity index (χ1n) is 13.2. The van der Waals surface area contributed by atoms with E-state index < -0.39 is 0 Å². The van der Waals surface area contributed by atoms with E-state index in [0.717, 1.165) is 36.4 Å². The molecule has 1 saturated carbocycles. The van der Waals surface area contributed by atoms with Gasteiger partial charge in [0.15, 0.2) is 0 Å². The second kappa shape index (κ2) is 13.2. The van der Waals surface area contributed by atoms with Gasteiger partial charge in [0.2, 0.25) is 0 Å². The zero-order valence-electron chi connectivity index (χ0n) is 22.2.